The van der Waals surface area contributed by atoms with Crippen LogP contribution in [0.15, 0.2) is 61.2 Å². The molecule has 0 N–H and O–H groups in total. The Hall–Kier alpha value is -3.91. The molecule has 0 spiro atoms. The summed E-state index contributed by atoms with van der Waals surface area (Å²) in [6.45, 7) is 3.23. The first-order valence-corrected chi connectivity index (χ1v) is 11.9. The van der Waals surface area contributed by atoms with Gasteiger partial charge in [-0.3, -0.25) is 9.78 Å². The van der Waals surface area contributed by atoms with E-state index >= 15 is 0 Å². The summed E-state index contributed by atoms with van der Waals surface area (Å²) < 4.78 is 7.09. The maximum Gasteiger partial charge on any atom is 0.257 e. The Kier molecular flexibility index (Phi) is 6.63. The molecule has 0 atom stereocenters. The Bertz CT molecular complexity index is 1330. The predicted octanol–water partition coefficient (Wildman–Crippen LogP) is 4.02. The summed E-state index contributed by atoms with van der Waals surface area (Å²) in [7, 11) is 1.61. The van der Waals surface area contributed by atoms with E-state index in [0.717, 1.165) is 41.6 Å². The van der Waals surface area contributed by atoms with E-state index in [9.17, 15) is 4.79 Å². The lowest BCUT2D eigenvalue weighted by Crippen LogP contribution is -2.31. The summed E-state index contributed by atoms with van der Waals surface area (Å²) in [5.41, 5.74) is 6.62. The summed E-state index contributed by atoms with van der Waals surface area (Å²) in [6.07, 6.45) is 9.95. The van der Waals surface area contributed by atoms with Crippen molar-refractivity contribution in [2.45, 2.75) is 39.3 Å². The Labute approximate surface area is 204 Å². The quantitative estimate of drug-likeness (QED) is 0.407. The van der Waals surface area contributed by atoms with Crippen LogP contribution in [0.2, 0.25) is 0 Å². The standard InChI is InChI=1S/C27H28N6O2/c1-3-32(17-19-11-13-28-14-12-19)26(34)23-16-30-33(24(23)18-35-2)27-29-15-21-9-6-8-20-7-4-5-10-22(20)25(21)31-27/h4-5,7,10-16H,3,6,8-9,17-18H2,1-2H3. The van der Waals surface area contributed by atoms with Crippen LogP contribution in [-0.4, -0.2) is 49.2 Å². The van der Waals surface area contributed by atoms with Gasteiger partial charge in [-0.2, -0.15) is 9.78 Å². The number of carbonyl (C=O) groups is 1. The van der Waals surface area contributed by atoms with Crippen LogP contribution < -0.4 is 0 Å². The Morgan fingerprint density at radius 3 is 2.69 bits per heavy atom. The van der Waals surface area contributed by atoms with Crippen molar-refractivity contribution >= 4 is 5.91 Å². The van der Waals surface area contributed by atoms with Crippen molar-refractivity contribution in [3.63, 3.8) is 0 Å². The first-order chi connectivity index (χ1) is 17.2. The summed E-state index contributed by atoms with van der Waals surface area (Å²) in [5, 5.41) is 4.53. The second-order valence-electron chi connectivity index (χ2n) is 8.58. The maximum atomic E-state index is 13.5. The minimum absolute atomic E-state index is 0.109. The molecule has 0 unspecified atom stereocenters. The summed E-state index contributed by atoms with van der Waals surface area (Å²) in [4.78, 5) is 28.9. The molecule has 0 aliphatic heterocycles. The fourth-order valence-electron chi connectivity index (χ4n) is 4.56. The number of aryl methyl sites for hydroxylation is 2. The SMILES string of the molecule is CCN(Cc1ccncc1)C(=O)c1cnn(-c2ncc3c(n2)-c2ccccc2CCC3)c1COC. The molecule has 3 aromatic heterocycles. The van der Waals surface area contributed by atoms with Crippen LogP contribution in [0.5, 0.6) is 0 Å². The zero-order chi connectivity index (χ0) is 24.2. The second kappa shape index (κ2) is 10.1. The van der Waals surface area contributed by atoms with Gasteiger partial charge in [-0.1, -0.05) is 24.3 Å². The van der Waals surface area contributed by atoms with Gasteiger partial charge in [0.05, 0.1) is 29.8 Å². The maximum absolute atomic E-state index is 13.5. The van der Waals surface area contributed by atoms with Gasteiger partial charge in [0.15, 0.2) is 0 Å². The fraction of sp³-hybridized carbons (Fsp3) is 0.296. The van der Waals surface area contributed by atoms with E-state index in [1.807, 2.05) is 31.3 Å². The van der Waals surface area contributed by atoms with Gasteiger partial charge in [-0.25, -0.2) is 9.97 Å². The molecular weight excluding hydrogens is 440 g/mol. The smallest absolute Gasteiger partial charge is 0.257 e. The number of amides is 1. The van der Waals surface area contributed by atoms with Crippen molar-refractivity contribution in [1.82, 2.24) is 29.6 Å². The number of pyridine rings is 1. The normalized spacial score (nSPS) is 12.5. The number of fused-ring (bicyclic) bond motifs is 3. The molecule has 5 rings (SSSR count). The van der Waals surface area contributed by atoms with Gasteiger partial charge in [-0.05, 0) is 55.0 Å². The zero-order valence-corrected chi connectivity index (χ0v) is 20.0. The highest BCUT2D eigenvalue weighted by molar-refractivity contribution is 5.95. The van der Waals surface area contributed by atoms with E-state index in [1.54, 1.807) is 35.3 Å². The molecule has 1 aliphatic carbocycles. The first kappa shape index (κ1) is 22.9. The van der Waals surface area contributed by atoms with Crippen molar-refractivity contribution in [3.05, 3.63) is 89.1 Å². The molecule has 1 aromatic carbocycles. The molecule has 0 saturated carbocycles. The Balaban J connectivity index is 1.52. The summed E-state index contributed by atoms with van der Waals surface area (Å²) in [6, 6.07) is 12.2. The average molecular weight is 469 g/mol. The highest BCUT2D eigenvalue weighted by Crippen LogP contribution is 2.31. The van der Waals surface area contributed by atoms with E-state index in [-0.39, 0.29) is 12.5 Å². The summed E-state index contributed by atoms with van der Waals surface area (Å²) >= 11 is 0. The van der Waals surface area contributed by atoms with Gasteiger partial charge in [0.25, 0.3) is 11.9 Å². The molecule has 0 saturated heterocycles. The molecule has 8 nitrogen and oxygen atoms in total. The third-order valence-corrected chi connectivity index (χ3v) is 6.38. The van der Waals surface area contributed by atoms with E-state index in [4.69, 9.17) is 9.72 Å². The van der Waals surface area contributed by atoms with Crippen LogP contribution in [-0.2, 0) is 30.7 Å². The Morgan fingerprint density at radius 1 is 1.09 bits per heavy atom. The average Bonchev–Trinajstić information content (AvgIpc) is 3.22. The molecule has 0 bridgehead atoms. The van der Waals surface area contributed by atoms with Crippen LogP contribution in [0.1, 0.15) is 46.1 Å². The van der Waals surface area contributed by atoms with Crippen molar-refractivity contribution in [2.24, 2.45) is 0 Å². The fourth-order valence-corrected chi connectivity index (χ4v) is 4.56. The van der Waals surface area contributed by atoms with Gasteiger partial charge >= 0.3 is 0 Å². The van der Waals surface area contributed by atoms with E-state index in [1.165, 1.54) is 5.56 Å². The first-order valence-electron chi connectivity index (χ1n) is 11.9. The molecule has 0 fully saturated rings. The lowest BCUT2D eigenvalue weighted by Gasteiger charge is -2.21. The van der Waals surface area contributed by atoms with Gasteiger partial charge < -0.3 is 9.64 Å². The van der Waals surface area contributed by atoms with Gasteiger partial charge in [0.2, 0.25) is 0 Å². The number of hydrogen-bond donors (Lipinski definition) is 0. The molecule has 35 heavy (non-hydrogen) atoms. The van der Waals surface area contributed by atoms with Crippen molar-refractivity contribution < 1.29 is 9.53 Å². The molecule has 178 valence electrons. The topological polar surface area (TPSA) is 86.0 Å². The lowest BCUT2D eigenvalue weighted by molar-refractivity contribution is 0.0747. The van der Waals surface area contributed by atoms with Crippen LogP contribution in [0.25, 0.3) is 17.2 Å². The molecule has 4 aromatic rings. The molecule has 1 aliphatic rings. The minimum atomic E-state index is -0.109. The summed E-state index contributed by atoms with van der Waals surface area (Å²) in [5.74, 6) is 0.325. The van der Waals surface area contributed by atoms with E-state index < -0.39 is 0 Å². The molecule has 8 heteroatoms. The zero-order valence-electron chi connectivity index (χ0n) is 20.0. The van der Waals surface area contributed by atoms with Crippen molar-refractivity contribution in [2.75, 3.05) is 13.7 Å². The lowest BCUT2D eigenvalue weighted by atomic mass is 10.0. The number of nitrogens with zero attached hydrogens (tertiary/aromatic N) is 6. The van der Waals surface area contributed by atoms with Crippen LogP contribution in [0.3, 0.4) is 0 Å². The van der Waals surface area contributed by atoms with Gasteiger partial charge in [0, 0.05) is 44.4 Å². The molecule has 1 amide bonds. The van der Waals surface area contributed by atoms with Crippen molar-refractivity contribution in [3.8, 4) is 17.2 Å². The molecule has 3 heterocycles. The monoisotopic (exact) mass is 468 g/mol. The highest BCUT2D eigenvalue weighted by Gasteiger charge is 2.25. The second-order valence-corrected chi connectivity index (χ2v) is 8.58. The number of aromatic nitrogens is 5. The number of rotatable bonds is 7. The number of hydrogen-bond acceptors (Lipinski definition) is 6. The third kappa shape index (κ3) is 4.57. The molecule has 0 radical (unpaired) electrons. The van der Waals surface area contributed by atoms with Gasteiger partial charge in [0.1, 0.15) is 0 Å². The predicted molar refractivity (Wildman–Crippen MR) is 132 cm³/mol. The number of ether oxygens (including phenoxy) is 1. The van der Waals surface area contributed by atoms with Crippen LogP contribution in [0, 0.1) is 0 Å². The third-order valence-electron chi connectivity index (χ3n) is 6.38. The minimum Gasteiger partial charge on any atom is -0.378 e. The number of methoxy groups -OCH3 is 1. The number of benzene rings is 1. The Morgan fingerprint density at radius 2 is 1.89 bits per heavy atom. The van der Waals surface area contributed by atoms with E-state index in [0.29, 0.717) is 30.3 Å². The van der Waals surface area contributed by atoms with Crippen LogP contribution in [0.4, 0.5) is 0 Å². The largest absolute Gasteiger partial charge is 0.378 e. The highest BCUT2D eigenvalue weighted by atomic mass is 16.5. The van der Waals surface area contributed by atoms with E-state index in [2.05, 4.69) is 33.3 Å². The number of carbonyl (C=O) groups excluding carboxylic acids is 1. The van der Waals surface area contributed by atoms with Gasteiger partial charge in [-0.15, -0.1) is 0 Å². The molecular formula is C27H28N6O2. The van der Waals surface area contributed by atoms with Crippen LogP contribution >= 0.6 is 0 Å². The van der Waals surface area contributed by atoms with Crippen molar-refractivity contribution in [1.29, 1.82) is 0 Å².